The highest BCUT2D eigenvalue weighted by Crippen LogP contribution is 2.41. The molecule has 2 N–H and O–H groups in total. The summed E-state index contributed by atoms with van der Waals surface area (Å²) in [6.07, 6.45) is -4.07. The van der Waals surface area contributed by atoms with E-state index in [1.807, 2.05) is 22.6 Å². The number of esters is 1. The number of halogens is 4. The zero-order valence-corrected chi connectivity index (χ0v) is 21.0. The van der Waals surface area contributed by atoms with Gasteiger partial charge in [0.2, 0.25) is 0 Å². The molecular formula is C24H17ClF2IN3O5. The molecule has 5 atom stereocenters. The number of ether oxygens (including phenoxy) is 2. The van der Waals surface area contributed by atoms with Crippen molar-refractivity contribution in [3.05, 3.63) is 92.5 Å². The number of benzene rings is 2. The molecule has 186 valence electrons. The third kappa shape index (κ3) is 4.45. The lowest BCUT2D eigenvalue weighted by molar-refractivity contribution is -0.0917. The predicted molar refractivity (Wildman–Crippen MR) is 132 cm³/mol. The number of aromatic nitrogens is 3. The second kappa shape index (κ2) is 9.98. The molecule has 1 fully saturated rings. The summed E-state index contributed by atoms with van der Waals surface area (Å²) in [7, 11) is 0. The van der Waals surface area contributed by atoms with E-state index in [1.165, 1.54) is 29.1 Å². The predicted octanol–water partition coefficient (Wildman–Crippen LogP) is 4.19. The van der Waals surface area contributed by atoms with Gasteiger partial charge in [-0.25, -0.2) is 23.5 Å². The van der Waals surface area contributed by atoms with Crippen molar-refractivity contribution >= 4 is 51.2 Å². The van der Waals surface area contributed by atoms with Gasteiger partial charge in [0, 0.05) is 9.77 Å². The van der Waals surface area contributed by atoms with Gasteiger partial charge >= 0.3 is 5.97 Å². The lowest BCUT2D eigenvalue weighted by Crippen LogP contribution is -2.36. The number of hydrogen-bond acceptors (Lipinski definition) is 7. The Labute approximate surface area is 221 Å². The molecule has 0 spiro atoms. The lowest BCUT2D eigenvalue weighted by atomic mass is 9.98. The molecule has 4 aromatic rings. The molecule has 1 saturated heterocycles. The average molecular weight is 628 g/mol. The van der Waals surface area contributed by atoms with E-state index in [0.29, 0.717) is 14.6 Å². The number of carbonyl (C=O) groups is 1. The van der Waals surface area contributed by atoms with Crippen LogP contribution in [0.5, 0.6) is 0 Å². The van der Waals surface area contributed by atoms with Crippen LogP contribution in [0.2, 0.25) is 5.15 Å². The minimum absolute atomic E-state index is 0.0346. The highest BCUT2D eigenvalue weighted by atomic mass is 127. The Morgan fingerprint density at radius 1 is 1.11 bits per heavy atom. The first-order valence-corrected chi connectivity index (χ1v) is 12.1. The average Bonchev–Trinajstić information content (AvgIpc) is 3.36. The van der Waals surface area contributed by atoms with Crippen molar-refractivity contribution in [2.45, 2.75) is 30.6 Å². The summed E-state index contributed by atoms with van der Waals surface area (Å²) in [6, 6.07) is 11.0. The molecule has 2 aromatic carbocycles. The van der Waals surface area contributed by atoms with Crippen LogP contribution < -0.4 is 0 Å². The number of hydrogen-bond donors (Lipinski definition) is 2. The number of rotatable bonds is 5. The molecule has 3 heterocycles. The van der Waals surface area contributed by atoms with Gasteiger partial charge < -0.3 is 24.3 Å². The first-order chi connectivity index (χ1) is 17.3. The number of aliphatic hydroxyl groups is 2. The van der Waals surface area contributed by atoms with Gasteiger partial charge in [0.25, 0.3) is 0 Å². The van der Waals surface area contributed by atoms with Crippen LogP contribution in [0.1, 0.15) is 28.3 Å². The quantitative estimate of drug-likeness (QED) is 0.194. The van der Waals surface area contributed by atoms with E-state index < -0.39 is 48.2 Å². The third-order valence-corrected chi connectivity index (χ3v) is 6.98. The van der Waals surface area contributed by atoms with Gasteiger partial charge in [-0.3, -0.25) is 0 Å². The summed E-state index contributed by atoms with van der Waals surface area (Å²) in [5, 5.41) is 22.6. The van der Waals surface area contributed by atoms with Crippen molar-refractivity contribution in [3.63, 3.8) is 0 Å². The normalized spacial score (nSPS) is 22.6. The Morgan fingerprint density at radius 2 is 1.86 bits per heavy atom. The number of carbonyl (C=O) groups excluding carboxylic acids is 1. The van der Waals surface area contributed by atoms with Crippen LogP contribution in [0.4, 0.5) is 8.78 Å². The maximum atomic E-state index is 14.1. The molecule has 0 bridgehead atoms. The summed E-state index contributed by atoms with van der Waals surface area (Å²) in [5.41, 5.74) is 0.585. The molecule has 0 radical (unpaired) electrons. The number of nitrogens with zero attached hydrogens (tertiary/aromatic N) is 3. The van der Waals surface area contributed by atoms with Gasteiger partial charge in [0.15, 0.2) is 24.0 Å². The fourth-order valence-electron chi connectivity index (χ4n) is 4.14. The Balaban J connectivity index is 1.53. The van der Waals surface area contributed by atoms with Gasteiger partial charge in [-0.05, 0) is 52.4 Å². The highest BCUT2D eigenvalue weighted by molar-refractivity contribution is 14.1. The fraction of sp³-hybridized carbons (Fsp3) is 0.208. The number of aliphatic hydroxyl groups excluding tert-OH is 2. The molecular weight excluding hydrogens is 611 g/mol. The lowest BCUT2D eigenvalue weighted by Gasteiger charge is -2.26. The Morgan fingerprint density at radius 3 is 2.58 bits per heavy atom. The summed E-state index contributed by atoms with van der Waals surface area (Å²) in [6.45, 7) is 0. The van der Waals surface area contributed by atoms with Crippen molar-refractivity contribution in [3.8, 4) is 0 Å². The van der Waals surface area contributed by atoms with Crippen molar-refractivity contribution in [2.75, 3.05) is 0 Å². The van der Waals surface area contributed by atoms with Crippen molar-refractivity contribution in [1.82, 2.24) is 14.5 Å². The molecule has 1 unspecified atom stereocenters. The molecule has 1 aliphatic heterocycles. The molecule has 5 rings (SSSR count). The van der Waals surface area contributed by atoms with Gasteiger partial charge in [0.1, 0.15) is 35.4 Å². The maximum absolute atomic E-state index is 14.1. The standard InChI is InChI=1S/C24H17ClF2IN3O5/c25-21-16-15(28)9-31(22(16)30-10-29-21)23-18(33)17(32)20(35-23)19(12-6-7-13(26)14(27)8-12)36-24(34)11-4-2-1-3-5-11/h1-10,17-20,23,32-33H/t17-,18+,19?,20-,23+/m0/s1. The van der Waals surface area contributed by atoms with E-state index in [0.717, 1.165) is 12.1 Å². The van der Waals surface area contributed by atoms with Crippen LogP contribution >= 0.6 is 34.2 Å². The monoisotopic (exact) mass is 627 g/mol. The Kier molecular flexibility index (Phi) is 6.92. The third-order valence-electron chi connectivity index (χ3n) is 5.88. The zero-order chi connectivity index (χ0) is 25.6. The first-order valence-electron chi connectivity index (χ1n) is 10.7. The molecule has 36 heavy (non-hydrogen) atoms. The van der Waals surface area contributed by atoms with Crippen LogP contribution in [-0.2, 0) is 9.47 Å². The largest absolute Gasteiger partial charge is 0.451 e. The zero-order valence-electron chi connectivity index (χ0n) is 18.1. The van der Waals surface area contributed by atoms with Gasteiger partial charge in [-0.15, -0.1) is 0 Å². The SMILES string of the molecule is O=C(OC(c1ccc(F)c(F)c1)[C@H]1O[C@@H](n2cc(I)c3c(Cl)ncnc32)[C@H](O)[C@@H]1O)c1ccccc1. The second-order valence-electron chi connectivity index (χ2n) is 8.09. The van der Waals surface area contributed by atoms with Crippen molar-refractivity contribution in [2.24, 2.45) is 0 Å². The molecule has 0 aliphatic carbocycles. The molecule has 1 aliphatic rings. The Bertz CT molecular complexity index is 1440. The van der Waals surface area contributed by atoms with Crippen LogP contribution in [0.25, 0.3) is 11.0 Å². The summed E-state index contributed by atoms with van der Waals surface area (Å²) in [4.78, 5) is 21.0. The second-order valence-corrected chi connectivity index (χ2v) is 9.61. The molecule has 8 nitrogen and oxygen atoms in total. The summed E-state index contributed by atoms with van der Waals surface area (Å²) >= 11 is 8.23. The minimum Gasteiger partial charge on any atom is -0.451 e. The van der Waals surface area contributed by atoms with Crippen LogP contribution in [0.15, 0.2) is 61.1 Å². The minimum atomic E-state index is -1.57. The summed E-state index contributed by atoms with van der Waals surface area (Å²) < 4.78 is 41.6. The van der Waals surface area contributed by atoms with E-state index in [2.05, 4.69) is 9.97 Å². The van der Waals surface area contributed by atoms with E-state index in [9.17, 15) is 23.8 Å². The highest BCUT2D eigenvalue weighted by Gasteiger charge is 2.49. The first kappa shape index (κ1) is 25.0. The van der Waals surface area contributed by atoms with E-state index in [-0.39, 0.29) is 16.3 Å². The van der Waals surface area contributed by atoms with Crippen LogP contribution in [0, 0.1) is 15.2 Å². The van der Waals surface area contributed by atoms with Crippen LogP contribution in [-0.4, -0.2) is 49.0 Å². The van der Waals surface area contributed by atoms with Crippen LogP contribution in [0.3, 0.4) is 0 Å². The summed E-state index contributed by atoms with van der Waals surface area (Å²) in [5.74, 6) is -3.04. The van der Waals surface area contributed by atoms with Gasteiger partial charge in [-0.2, -0.15) is 0 Å². The Hall–Kier alpha value is -2.71. The molecule has 0 amide bonds. The molecule has 2 aromatic heterocycles. The maximum Gasteiger partial charge on any atom is 0.338 e. The van der Waals surface area contributed by atoms with Crippen molar-refractivity contribution < 1.29 is 33.3 Å². The van der Waals surface area contributed by atoms with Gasteiger partial charge in [0.05, 0.1) is 10.9 Å². The molecule has 0 saturated carbocycles. The van der Waals surface area contributed by atoms with E-state index in [4.69, 9.17) is 21.1 Å². The number of fused-ring (bicyclic) bond motifs is 1. The van der Waals surface area contributed by atoms with Crippen molar-refractivity contribution in [1.29, 1.82) is 0 Å². The topological polar surface area (TPSA) is 107 Å². The molecule has 12 heteroatoms. The fourth-order valence-corrected chi connectivity index (χ4v) is 5.32. The van der Waals surface area contributed by atoms with E-state index in [1.54, 1.807) is 24.4 Å². The van der Waals surface area contributed by atoms with E-state index >= 15 is 0 Å². The smallest absolute Gasteiger partial charge is 0.338 e. The van der Waals surface area contributed by atoms with Gasteiger partial charge in [-0.1, -0.05) is 35.9 Å².